The standard InChI is InChI=1S/C12H18ClN3/c13-11-4-2-7-15-12(11)16-8-5-10-3-1-6-14-9-10/h2,4,7,10,14H,1,3,5-6,8-9H2,(H,15,16). The number of piperidine rings is 1. The average Bonchev–Trinajstić information content (AvgIpc) is 2.33. The first-order chi connectivity index (χ1) is 7.86. The summed E-state index contributed by atoms with van der Waals surface area (Å²) in [5, 5.41) is 7.41. The quantitative estimate of drug-likeness (QED) is 0.848. The molecule has 0 bridgehead atoms. The molecule has 0 aromatic carbocycles. The Morgan fingerprint density at radius 1 is 1.56 bits per heavy atom. The van der Waals surface area contributed by atoms with Crippen molar-refractivity contribution in [2.45, 2.75) is 19.3 Å². The summed E-state index contributed by atoms with van der Waals surface area (Å²) >= 11 is 6.01. The Labute approximate surface area is 102 Å². The zero-order chi connectivity index (χ0) is 11.2. The highest BCUT2D eigenvalue weighted by Crippen LogP contribution is 2.18. The molecule has 1 saturated heterocycles. The van der Waals surface area contributed by atoms with Gasteiger partial charge in [-0.15, -0.1) is 0 Å². The van der Waals surface area contributed by atoms with Crippen LogP contribution in [0.3, 0.4) is 0 Å². The summed E-state index contributed by atoms with van der Waals surface area (Å²) in [6, 6.07) is 3.71. The van der Waals surface area contributed by atoms with Crippen LogP contribution in [0.1, 0.15) is 19.3 Å². The number of nitrogens with one attached hydrogen (secondary N) is 2. The van der Waals surface area contributed by atoms with Gasteiger partial charge in [0, 0.05) is 12.7 Å². The van der Waals surface area contributed by atoms with Gasteiger partial charge in [0.2, 0.25) is 0 Å². The molecule has 1 aromatic heterocycles. The van der Waals surface area contributed by atoms with Crippen molar-refractivity contribution in [3.05, 3.63) is 23.4 Å². The normalized spacial score (nSPS) is 20.7. The van der Waals surface area contributed by atoms with Crippen molar-refractivity contribution in [2.24, 2.45) is 5.92 Å². The summed E-state index contributed by atoms with van der Waals surface area (Å²) in [7, 11) is 0. The Hall–Kier alpha value is -0.800. The molecular formula is C12H18ClN3. The van der Waals surface area contributed by atoms with Gasteiger partial charge in [-0.3, -0.25) is 0 Å². The molecule has 1 unspecified atom stereocenters. The van der Waals surface area contributed by atoms with E-state index in [2.05, 4.69) is 15.6 Å². The van der Waals surface area contributed by atoms with Gasteiger partial charge >= 0.3 is 0 Å². The maximum Gasteiger partial charge on any atom is 0.144 e. The molecule has 0 saturated carbocycles. The lowest BCUT2D eigenvalue weighted by Crippen LogP contribution is -2.30. The fraction of sp³-hybridized carbons (Fsp3) is 0.583. The Bertz CT molecular complexity index is 324. The molecule has 2 rings (SSSR count). The molecule has 0 radical (unpaired) electrons. The molecule has 1 fully saturated rings. The van der Waals surface area contributed by atoms with Crippen molar-refractivity contribution in [2.75, 3.05) is 25.0 Å². The van der Waals surface area contributed by atoms with Gasteiger partial charge < -0.3 is 10.6 Å². The second kappa shape index (κ2) is 6.06. The monoisotopic (exact) mass is 239 g/mol. The number of hydrogen-bond donors (Lipinski definition) is 2. The largest absolute Gasteiger partial charge is 0.369 e. The first-order valence-electron chi connectivity index (χ1n) is 5.91. The minimum atomic E-state index is 0.698. The highest BCUT2D eigenvalue weighted by molar-refractivity contribution is 6.32. The van der Waals surface area contributed by atoms with Gasteiger partial charge in [-0.25, -0.2) is 4.98 Å². The van der Waals surface area contributed by atoms with Gasteiger partial charge in [0.05, 0.1) is 5.02 Å². The van der Waals surface area contributed by atoms with E-state index < -0.39 is 0 Å². The van der Waals surface area contributed by atoms with E-state index in [1.165, 1.54) is 25.8 Å². The van der Waals surface area contributed by atoms with Gasteiger partial charge in [-0.2, -0.15) is 0 Å². The third-order valence-electron chi connectivity index (χ3n) is 3.00. The van der Waals surface area contributed by atoms with Crippen LogP contribution in [-0.4, -0.2) is 24.6 Å². The van der Waals surface area contributed by atoms with E-state index >= 15 is 0 Å². The summed E-state index contributed by atoms with van der Waals surface area (Å²) in [5.41, 5.74) is 0. The van der Waals surface area contributed by atoms with Crippen molar-refractivity contribution in [1.82, 2.24) is 10.3 Å². The summed E-state index contributed by atoms with van der Waals surface area (Å²) in [5.74, 6) is 1.59. The lowest BCUT2D eigenvalue weighted by molar-refractivity contribution is 0.364. The molecule has 4 heteroatoms. The van der Waals surface area contributed by atoms with Crippen molar-refractivity contribution in [3.8, 4) is 0 Å². The molecule has 1 atom stereocenters. The fourth-order valence-electron chi connectivity index (χ4n) is 2.08. The summed E-state index contributed by atoms with van der Waals surface area (Å²) in [6.45, 7) is 3.27. The van der Waals surface area contributed by atoms with Crippen LogP contribution < -0.4 is 10.6 Å². The van der Waals surface area contributed by atoms with Crippen LogP contribution in [0, 0.1) is 5.92 Å². The molecule has 1 aliphatic rings. The second-order valence-corrected chi connectivity index (χ2v) is 4.67. The highest BCUT2D eigenvalue weighted by Gasteiger charge is 2.12. The van der Waals surface area contributed by atoms with Crippen LogP contribution in [0.2, 0.25) is 5.02 Å². The molecule has 1 aliphatic heterocycles. The van der Waals surface area contributed by atoms with E-state index in [0.29, 0.717) is 5.02 Å². The first kappa shape index (κ1) is 11.7. The number of hydrogen-bond acceptors (Lipinski definition) is 3. The number of anilines is 1. The molecule has 1 aromatic rings. The molecule has 0 aliphatic carbocycles. The van der Waals surface area contributed by atoms with Crippen LogP contribution in [0.4, 0.5) is 5.82 Å². The number of aromatic nitrogens is 1. The van der Waals surface area contributed by atoms with Gasteiger partial charge in [-0.1, -0.05) is 11.6 Å². The summed E-state index contributed by atoms with van der Waals surface area (Å²) in [6.07, 6.45) is 5.58. The Kier molecular flexibility index (Phi) is 4.43. The van der Waals surface area contributed by atoms with E-state index in [1.54, 1.807) is 6.20 Å². The van der Waals surface area contributed by atoms with E-state index in [9.17, 15) is 0 Å². The smallest absolute Gasteiger partial charge is 0.144 e. The second-order valence-electron chi connectivity index (χ2n) is 4.26. The highest BCUT2D eigenvalue weighted by atomic mass is 35.5. The maximum atomic E-state index is 6.01. The van der Waals surface area contributed by atoms with E-state index in [-0.39, 0.29) is 0 Å². The van der Waals surface area contributed by atoms with Crippen molar-refractivity contribution in [1.29, 1.82) is 0 Å². The van der Waals surface area contributed by atoms with Crippen LogP contribution >= 0.6 is 11.6 Å². The van der Waals surface area contributed by atoms with E-state index in [0.717, 1.165) is 24.8 Å². The van der Waals surface area contributed by atoms with Crippen molar-refractivity contribution in [3.63, 3.8) is 0 Å². The predicted octanol–water partition coefficient (Wildman–Crippen LogP) is 2.54. The van der Waals surface area contributed by atoms with Crippen LogP contribution in [0.25, 0.3) is 0 Å². The Morgan fingerprint density at radius 2 is 2.50 bits per heavy atom. The number of rotatable bonds is 4. The van der Waals surface area contributed by atoms with Crippen molar-refractivity contribution < 1.29 is 0 Å². The molecule has 0 spiro atoms. The topological polar surface area (TPSA) is 37.0 Å². The SMILES string of the molecule is Clc1cccnc1NCCC1CCCNC1. The number of halogens is 1. The minimum absolute atomic E-state index is 0.698. The summed E-state index contributed by atoms with van der Waals surface area (Å²) < 4.78 is 0. The number of nitrogens with zero attached hydrogens (tertiary/aromatic N) is 1. The van der Waals surface area contributed by atoms with Gasteiger partial charge in [0.1, 0.15) is 5.82 Å². The van der Waals surface area contributed by atoms with Crippen molar-refractivity contribution >= 4 is 17.4 Å². The average molecular weight is 240 g/mol. The summed E-state index contributed by atoms with van der Waals surface area (Å²) in [4.78, 5) is 4.20. The minimum Gasteiger partial charge on any atom is -0.369 e. The maximum absolute atomic E-state index is 6.01. The van der Waals surface area contributed by atoms with Gasteiger partial charge in [-0.05, 0) is 50.4 Å². The van der Waals surface area contributed by atoms with Crippen LogP contribution in [-0.2, 0) is 0 Å². The van der Waals surface area contributed by atoms with E-state index in [4.69, 9.17) is 11.6 Å². The zero-order valence-electron chi connectivity index (χ0n) is 9.38. The first-order valence-corrected chi connectivity index (χ1v) is 6.29. The Balaban J connectivity index is 1.73. The third-order valence-corrected chi connectivity index (χ3v) is 3.31. The lowest BCUT2D eigenvalue weighted by Gasteiger charge is -2.22. The van der Waals surface area contributed by atoms with Crippen LogP contribution in [0.15, 0.2) is 18.3 Å². The fourth-order valence-corrected chi connectivity index (χ4v) is 2.27. The zero-order valence-corrected chi connectivity index (χ0v) is 10.1. The van der Waals surface area contributed by atoms with Crippen LogP contribution in [0.5, 0.6) is 0 Å². The molecule has 16 heavy (non-hydrogen) atoms. The van der Waals surface area contributed by atoms with E-state index in [1.807, 2.05) is 12.1 Å². The predicted molar refractivity (Wildman–Crippen MR) is 67.9 cm³/mol. The molecule has 2 N–H and O–H groups in total. The lowest BCUT2D eigenvalue weighted by atomic mass is 9.96. The Morgan fingerprint density at radius 3 is 3.25 bits per heavy atom. The van der Waals surface area contributed by atoms with Gasteiger partial charge in [0.15, 0.2) is 0 Å². The molecule has 2 heterocycles. The molecule has 88 valence electrons. The molecule has 3 nitrogen and oxygen atoms in total. The van der Waals surface area contributed by atoms with Gasteiger partial charge in [0.25, 0.3) is 0 Å². The molecular weight excluding hydrogens is 222 g/mol. The third kappa shape index (κ3) is 3.35. The number of pyridine rings is 1. The molecule has 0 amide bonds.